The van der Waals surface area contributed by atoms with E-state index in [1.165, 1.54) is 5.56 Å². The monoisotopic (exact) mass is 209 g/mol. The molecule has 1 unspecified atom stereocenters. The van der Waals surface area contributed by atoms with Gasteiger partial charge in [0.25, 0.3) is 0 Å². The van der Waals surface area contributed by atoms with Crippen LogP contribution in [0.5, 0.6) is 5.75 Å². The van der Waals surface area contributed by atoms with Crippen LogP contribution in [0.25, 0.3) is 0 Å². The summed E-state index contributed by atoms with van der Waals surface area (Å²) < 4.78 is 13.4. The molecule has 0 bridgehead atoms. The maximum absolute atomic E-state index is 7.92. The molecular weight excluding hydrogens is 194 g/mol. The fourth-order valence-electron chi connectivity index (χ4n) is 1.62. The summed E-state index contributed by atoms with van der Waals surface area (Å²) in [5, 5.41) is 0. The van der Waals surface area contributed by atoms with Crippen LogP contribution in [0, 0.1) is 4.78 Å². The summed E-state index contributed by atoms with van der Waals surface area (Å²) in [4.78, 5) is 1.04. The van der Waals surface area contributed by atoms with Crippen LogP contribution < -0.4 is 4.74 Å². The Morgan fingerprint density at radius 1 is 1.50 bits per heavy atom. The van der Waals surface area contributed by atoms with Crippen molar-refractivity contribution in [2.75, 3.05) is 12.9 Å². The third-order valence-corrected chi connectivity index (χ3v) is 3.69. The van der Waals surface area contributed by atoms with Crippen molar-refractivity contribution in [2.24, 2.45) is 0 Å². The van der Waals surface area contributed by atoms with Crippen molar-refractivity contribution in [3.8, 4) is 5.75 Å². The van der Waals surface area contributed by atoms with E-state index in [1.54, 1.807) is 0 Å². The molecule has 0 saturated carbocycles. The Hall–Kier alpha value is -0.960. The van der Waals surface area contributed by atoms with Crippen LogP contribution in [0.2, 0.25) is 0 Å². The van der Waals surface area contributed by atoms with Gasteiger partial charge in [0.15, 0.2) is 0 Å². The first kappa shape index (κ1) is 9.59. The van der Waals surface area contributed by atoms with E-state index in [2.05, 4.69) is 11.9 Å². The second-order valence-electron chi connectivity index (χ2n) is 3.81. The van der Waals surface area contributed by atoms with Crippen LogP contribution in [0.4, 0.5) is 0 Å². The fourth-order valence-corrected chi connectivity index (χ4v) is 2.39. The summed E-state index contributed by atoms with van der Waals surface area (Å²) in [6, 6.07) is 6.04. The van der Waals surface area contributed by atoms with Gasteiger partial charge in [0.05, 0.1) is 6.61 Å². The Morgan fingerprint density at radius 3 is 3.00 bits per heavy atom. The minimum absolute atomic E-state index is 0.821. The number of ether oxygens (including phenoxy) is 1. The van der Waals surface area contributed by atoms with Gasteiger partial charge in [-0.25, -0.2) is 0 Å². The molecule has 1 aliphatic rings. The van der Waals surface area contributed by atoms with Gasteiger partial charge in [-0.15, -0.1) is 9.41 Å². The highest BCUT2D eigenvalue weighted by atomic mass is 32.2. The number of benzene rings is 1. The van der Waals surface area contributed by atoms with Gasteiger partial charge in [-0.2, -0.15) is 0 Å². The first-order valence-corrected chi connectivity index (χ1v) is 6.90. The zero-order valence-electron chi connectivity index (χ0n) is 8.38. The lowest BCUT2D eigenvalue weighted by Crippen LogP contribution is -2.09. The van der Waals surface area contributed by atoms with E-state index >= 15 is 0 Å². The predicted octanol–water partition coefficient (Wildman–Crippen LogP) is 2.35. The van der Waals surface area contributed by atoms with Gasteiger partial charge in [0.1, 0.15) is 5.75 Å². The van der Waals surface area contributed by atoms with Crippen LogP contribution in [-0.2, 0) is 15.8 Å². The number of hydrogen-bond donors (Lipinski definition) is 1. The van der Waals surface area contributed by atoms with Crippen LogP contribution >= 0.6 is 0 Å². The van der Waals surface area contributed by atoms with E-state index in [4.69, 9.17) is 9.52 Å². The molecule has 0 saturated heterocycles. The Labute approximate surface area is 85.4 Å². The molecule has 0 radical (unpaired) electrons. The Bertz CT molecular complexity index is 448. The molecule has 0 spiro atoms. The number of fused-ring (bicyclic) bond motifs is 1. The molecule has 76 valence electrons. The van der Waals surface area contributed by atoms with Crippen molar-refractivity contribution in [1.82, 2.24) is 0 Å². The highest BCUT2D eigenvalue weighted by molar-refractivity contribution is 8.00. The van der Waals surface area contributed by atoms with E-state index in [1.807, 2.05) is 18.4 Å². The summed E-state index contributed by atoms with van der Waals surface area (Å²) in [7, 11) is -1.59. The van der Waals surface area contributed by atoms with Gasteiger partial charge in [-0.05, 0) is 42.9 Å². The smallest absolute Gasteiger partial charge is 0.122 e. The van der Waals surface area contributed by atoms with Gasteiger partial charge in [0, 0.05) is 4.90 Å². The molecule has 1 heterocycles. The summed E-state index contributed by atoms with van der Waals surface area (Å²) in [5.74, 6) is 4.89. The minimum Gasteiger partial charge on any atom is -0.493 e. The molecule has 0 aliphatic carbocycles. The van der Waals surface area contributed by atoms with E-state index in [-0.39, 0.29) is 0 Å². The molecule has 1 atom stereocenters. The maximum Gasteiger partial charge on any atom is 0.122 e. The number of nitrogens with one attached hydrogen (secondary N) is 1. The van der Waals surface area contributed by atoms with Crippen LogP contribution in [-0.4, -0.2) is 18.7 Å². The second-order valence-corrected chi connectivity index (χ2v) is 6.46. The number of aryl methyl sites for hydroxylation is 1. The lowest BCUT2D eigenvalue weighted by Gasteiger charge is -2.18. The molecule has 0 amide bonds. The van der Waals surface area contributed by atoms with Crippen molar-refractivity contribution in [2.45, 2.75) is 17.7 Å². The maximum atomic E-state index is 7.92. The van der Waals surface area contributed by atoms with Crippen molar-refractivity contribution in [3.05, 3.63) is 23.8 Å². The fraction of sp³-hybridized carbons (Fsp3) is 0.364. The first-order valence-electron chi connectivity index (χ1n) is 4.69. The lowest BCUT2D eigenvalue weighted by molar-refractivity contribution is 0.288. The van der Waals surface area contributed by atoms with Crippen molar-refractivity contribution >= 4 is 15.3 Å². The normalized spacial score (nSPS) is 19.2. The van der Waals surface area contributed by atoms with Crippen LogP contribution in [0.1, 0.15) is 12.0 Å². The van der Waals surface area contributed by atoms with Gasteiger partial charge in [-0.1, -0.05) is 5.87 Å². The third-order valence-electron chi connectivity index (χ3n) is 2.40. The quantitative estimate of drug-likeness (QED) is 0.708. The van der Waals surface area contributed by atoms with Gasteiger partial charge in [0.2, 0.25) is 0 Å². The molecular formula is C11H15NOS. The SMILES string of the molecule is C=S(C)(=N)c1ccc2c(c1)CCCO2. The van der Waals surface area contributed by atoms with Crippen LogP contribution in [0.3, 0.4) is 0 Å². The molecule has 14 heavy (non-hydrogen) atoms. The molecule has 3 heteroatoms. The van der Waals surface area contributed by atoms with Crippen molar-refractivity contribution < 1.29 is 4.74 Å². The zero-order chi connectivity index (χ0) is 10.2. The number of rotatable bonds is 1. The standard InChI is InChI=1S/C11H15NOS/c1-14(2,12)10-5-6-11-9(8-10)4-3-7-13-11/h5-6,8,12H,1,3-4,7H2,2H3. The average Bonchev–Trinajstić information content (AvgIpc) is 2.16. The van der Waals surface area contributed by atoms with Gasteiger partial charge < -0.3 is 4.74 Å². The largest absolute Gasteiger partial charge is 0.493 e. The molecule has 1 aliphatic heterocycles. The Kier molecular flexibility index (Phi) is 2.27. The molecule has 1 aromatic carbocycles. The molecule has 0 aromatic heterocycles. The first-order chi connectivity index (χ1) is 6.57. The van der Waals surface area contributed by atoms with Crippen molar-refractivity contribution in [1.29, 1.82) is 4.78 Å². The summed E-state index contributed by atoms with van der Waals surface area (Å²) in [5.41, 5.74) is 1.24. The molecule has 1 aromatic rings. The number of hydrogen-bond acceptors (Lipinski definition) is 2. The molecule has 1 N–H and O–H groups in total. The van der Waals surface area contributed by atoms with E-state index in [0.717, 1.165) is 30.1 Å². The van der Waals surface area contributed by atoms with Gasteiger partial charge >= 0.3 is 0 Å². The van der Waals surface area contributed by atoms with Gasteiger partial charge in [-0.3, -0.25) is 4.78 Å². The van der Waals surface area contributed by atoms with E-state index in [9.17, 15) is 0 Å². The Balaban J connectivity index is 2.49. The van der Waals surface area contributed by atoms with Crippen LogP contribution in [0.15, 0.2) is 23.1 Å². The highest BCUT2D eigenvalue weighted by Crippen LogP contribution is 2.27. The summed E-state index contributed by atoms with van der Waals surface area (Å²) in [6.07, 6.45) is 4.04. The third kappa shape index (κ3) is 1.77. The van der Waals surface area contributed by atoms with E-state index < -0.39 is 9.41 Å². The average molecular weight is 209 g/mol. The van der Waals surface area contributed by atoms with Crippen molar-refractivity contribution in [3.63, 3.8) is 0 Å². The topological polar surface area (TPSA) is 33.1 Å². The predicted molar refractivity (Wildman–Crippen MR) is 61.7 cm³/mol. The lowest BCUT2D eigenvalue weighted by atomic mass is 10.1. The minimum atomic E-state index is -1.59. The Morgan fingerprint density at radius 2 is 2.29 bits per heavy atom. The second kappa shape index (κ2) is 3.31. The summed E-state index contributed by atoms with van der Waals surface area (Å²) in [6.45, 7) is 0.821. The molecule has 2 nitrogen and oxygen atoms in total. The molecule has 2 rings (SSSR count). The highest BCUT2D eigenvalue weighted by Gasteiger charge is 2.11. The molecule has 0 fully saturated rings. The van der Waals surface area contributed by atoms with E-state index in [0.29, 0.717) is 0 Å². The zero-order valence-corrected chi connectivity index (χ0v) is 9.19. The summed E-state index contributed by atoms with van der Waals surface area (Å²) >= 11 is 0.